The lowest BCUT2D eigenvalue weighted by atomic mass is 9.96. The molecule has 0 bridgehead atoms. The first kappa shape index (κ1) is 22.7. The summed E-state index contributed by atoms with van der Waals surface area (Å²) >= 11 is 0. The summed E-state index contributed by atoms with van der Waals surface area (Å²) in [6, 6.07) is 12.2. The van der Waals surface area contributed by atoms with Gasteiger partial charge in [-0.3, -0.25) is 13.9 Å². The van der Waals surface area contributed by atoms with Crippen LogP contribution in [0.5, 0.6) is 0 Å². The predicted octanol–water partition coefficient (Wildman–Crippen LogP) is 2.82. The highest BCUT2D eigenvalue weighted by Crippen LogP contribution is 2.24. The number of hydrogen-bond donors (Lipinski definition) is 0. The van der Waals surface area contributed by atoms with Crippen molar-refractivity contribution in [1.82, 2.24) is 4.90 Å². The highest BCUT2D eigenvalue weighted by atomic mass is 32.2. The zero-order chi connectivity index (χ0) is 22.6. The quantitative estimate of drug-likeness (QED) is 0.635. The molecule has 0 atom stereocenters. The Morgan fingerprint density at radius 1 is 1.10 bits per heavy atom. The molecule has 1 amide bonds. The summed E-state index contributed by atoms with van der Waals surface area (Å²) in [5, 5.41) is 0. The molecule has 0 aromatic heterocycles. The number of rotatable bonds is 6. The molecule has 9 heteroatoms. The number of anilines is 1. The van der Waals surface area contributed by atoms with E-state index >= 15 is 0 Å². The number of esters is 1. The van der Waals surface area contributed by atoms with Crippen LogP contribution in [0, 0.1) is 11.7 Å². The molecule has 0 unspecified atom stereocenters. The summed E-state index contributed by atoms with van der Waals surface area (Å²) in [5.41, 5.74) is 1.01. The number of piperidine rings is 1. The first-order valence-corrected chi connectivity index (χ1v) is 11.7. The van der Waals surface area contributed by atoms with E-state index in [1.54, 1.807) is 23.1 Å². The van der Waals surface area contributed by atoms with Crippen molar-refractivity contribution in [3.8, 4) is 0 Å². The van der Waals surface area contributed by atoms with Crippen LogP contribution in [0.15, 0.2) is 48.5 Å². The van der Waals surface area contributed by atoms with Gasteiger partial charge in [0.1, 0.15) is 5.82 Å². The van der Waals surface area contributed by atoms with Gasteiger partial charge in [-0.25, -0.2) is 12.8 Å². The number of amides is 1. The number of methoxy groups -OCH3 is 1. The van der Waals surface area contributed by atoms with Gasteiger partial charge in [-0.2, -0.15) is 0 Å². The molecule has 31 heavy (non-hydrogen) atoms. The number of likely N-dealkylation sites (tertiary alicyclic amines) is 1. The van der Waals surface area contributed by atoms with Crippen LogP contribution < -0.4 is 4.31 Å². The van der Waals surface area contributed by atoms with E-state index in [1.807, 2.05) is 0 Å². The molecular weight excluding hydrogens is 423 g/mol. The molecule has 0 radical (unpaired) electrons. The van der Waals surface area contributed by atoms with E-state index in [4.69, 9.17) is 4.74 Å². The van der Waals surface area contributed by atoms with Crippen molar-refractivity contribution >= 4 is 27.6 Å². The molecule has 1 fully saturated rings. The zero-order valence-corrected chi connectivity index (χ0v) is 18.3. The van der Waals surface area contributed by atoms with Crippen molar-refractivity contribution in [2.45, 2.75) is 19.4 Å². The van der Waals surface area contributed by atoms with Gasteiger partial charge in [0, 0.05) is 24.2 Å². The molecule has 0 aliphatic carbocycles. The highest BCUT2D eigenvalue weighted by molar-refractivity contribution is 7.92. The highest BCUT2D eigenvalue weighted by Gasteiger charge is 2.28. The van der Waals surface area contributed by atoms with Crippen molar-refractivity contribution < 1.29 is 27.1 Å². The Labute approximate surface area is 181 Å². The summed E-state index contributed by atoms with van der Waals surface area (Å²) in [4.78, 5) is 26.1. The van der Waals surface area contributed by atoms with Gasteiger partial charge in [-0.1, -0.05) is 18.2 Å². The minimum absolute atomic E-state index is 0.153. The number of ether oxygens (including phenoxy) is 1. The lowest BCUT2D eigenvalue weighted by molar-refractivity contribution is -0.146. The Bertz CT molecular complexity index is 1050. The van der Waals surface area contributed by atoms with Crippen molar-refractivity contribution in [2.75, 3.05) is 30.8 Å². The van der Waals surface area contributed by atoms with E-state index in [0.29, 0.717) is 37.2 Å². The fourth-order valence-corrected chi connectivity index (χ4v) is 4.50. The van der Waals surface area contributed by atoms with E-state index in [2.05, 4.69) is 0 Å². The van der Waals surface area contributed by atoms with Gasteiger partial charge in [0.2, 0.25) is 10.0 Å². The lowest BCUT2D eigenvalue weighted by Gasteiger charge is -2.31. The van der Waals surface area contributed by atoms with Crippen LogP contribution in [0.2, 0.25) is 0 Å². The van der Waals surface area contributed by atoms with Gasteiger partial charge >= 0.3 is 5.97 Å². The van der Waals surface area contributed by atoms with E-state index in [9.17, 15) is 22.4 Å². The fraction of sp³-hybridized carbons (Fsp3) is 0.364. The number of halogens is 1. The van der Waals surface area contributed by atoms with Crippen molar-refractivity contribution in [2.24, 2.45) is 5.92 Å². The Morgan fingerprint density at radius 3 is 2.26 bits per heavy atom. The Hall–Kier alpha value is -2.94. The number of benzene rings is 2. The van der Waals surface area contributed by atoms with Crippen molar-refractivity contribution in [3.05, 3.63) is 65.5 Å². The van der Waals surface area contributed by atoms with Crippen LogP contribution in [-0.4, -0.2) is 51.6 Å². The smallest absolute Gasteiger partial charge is 0.308 e. The van der Waals surface area contributed by atoms with Gasteiger partial charge in [0.25, 0.3) is 5.91 Å². The lowest BCUT2D eigenvalue weighted by Crippen LogP contribution is -2.40. The first-order valence-electron chi connectivity index (χ1n) is 9.89. The second kappa shape index (κ2) is 9.47. The SMILES string of the molecule is COC(=O)C1CCN(C(=O)c2ccc(N(Cc3ccccc3F)S(C)(=O)=O)cc2)CC1. The van der Waals surface area contributed by atoms with E-state index in [-0.39, 0.29) is 29.9 Å². The van der Waals surface area contributed by atoms with E-state index in [0.717, 1.165) is 10.6 Å². The van der Waals surface area contributed by atoms with Crippen molar-refractivity contribution in [1.29, 1.82) is 0 Å². The molecule has 3 rings (SSSR count). The number of hydrogen-bond acceptors (Lipinski definition) is 5. The van der Waals surface area contributed by atoms with Crippen LogP contribution >= 0.6 is 0 Å². The molecular formula is C22H25FN2O5S. The molecule has 166 valence electrons. The predicted molar refractivity (Wildman–Crippen MR) is 115 cm³/mol. The third-order valence-electron chi connectivity index (χ3n) is 5.39. The Morgan fingerprint density at radius 2 is 1.71 bits per heavy atom. The second-order valence-corrected chi connectivity index (χ2v) is 9.40. The maximum Gasteiger partial charge on any atom is 0.308 e. The monoisotopic (exact) mass is 448 g/mol. The summed E-state index contributed by atoms with van der Waals surface area (Å²) in [6.45, 7) is 0.742. The topological polar surface area (TPSA) is 84.0 Å². The molecule has 7 nitrogen and oxygen atoms in total. The average Bonchev–Trinajstić information content (AvgIpc) is 2.77. The second-order valence-electron chi connectivity index (χ2n) is 7.50. The summed E-state index contributed by atoms with van der Waals surface area (Å²) in [6.07, 6.45) is 2.14. The maximum atomic E-state index is 14.0. The summed E-state index contributed by atoms with van der Waals surface area (Å²) in [7, 11) is -2.32. The summed E-state index contributed by atoms with van der Waals surface area (Å²) in [5.74, 6) is -1.13. The molecule has 0 N–H and O–H groups in total. The third-order valence-corrected chi connectivity index (χ3v) is 6.53. The maximum absolute atomic E-state index is 14.0. The average molecular weight is 449 g/mol. The molecule has 1 aliphatic rings. The normalized spacial score (nSPS) is 14.9. The van der Waals surface area contributed by atoms with Crippen LogP contribution in [0.3, 0.4) is 0 Å². The number of sulfonamides is 1. The number of carbonyl (C=O) groups is 2. The van der Waals surface area contributed by atoms with Gasteiger partial charge in [-0.15, -0.1) is 0 Å². The molecule has 1 saturated heterocycles. The van der Waals surface area contributed by atoms with Gasteiger partial charge in [0.05, 0.1) is 31.5 Å². The Balaban J connectivity index is 1.74. The molecule has 1 aliphatic heterocycles. The molecule has 0 saturated carbocycles. The number of carbonyl (C=O) groups excluding carboxylic acids is 2. The van der Waals surface area contributed by atoms with E-state index in [1.165, 1.54) is 37.4 Å². The molecule has 2 aromatic carbocycles. The van der Waals surface area contributed by atoms with Crippen LogP contribution in [0.1, 0.15) is 28.8 Å². The molecule has 2 aromatic rings. The van der Waals surface area contributed by atoms with Crippen LogP contribution in [0.4, 0.5) is 10.1 Å². The molecule has 1 heterocycles. The summed E-state index contributed by atoms with van der Waals surface area (Å²) < 4.78 is 44.5. The Kier molecular flexibility index (Phi) is 6.94. The van der Waals surface area contributed by atoms with E-state index < -0.39 is 15.8 Å². The van der Waals surface area contributed by atoms with Gasteiger partial charge in [-0.05, 0) is 43.2 Å². The van der Waals surface area contributed by atoms with Gasteiger partial charge in [0.15, 0.2) is 0 Å². The standard InChI is InChI=1S/C22H25FN2O5S/c1-30-22(27)17-11-13-24(14-12-17)21(26)16-7-9-19(10-8-16)25(31(2,28)29)15-18-5-3-4-6-20(18)23/h3-10,17H,11-15H2,1-2H3. The zero-order valence-electron chi connectivity index (χ0n) is 17.5. The third kappa shape index (κ3) is 5.41. The van der Waals surface area contributed by atoms with Crippen molar-refractivity contribution in [3.63, 3.8) is 0 Å². The van der Waals surface area contributed by atoms with Crippen LogP contribution in [0.25, 0.3) is 0 Å². The van der Waals surface area contributed by atoms with Crippen LogP contribution in [-0.2, 0) is 26.1 Å². The molecule has 0 spiro atoms. The van der Waals surface area contributed by atoms with Gasteiger partial charge < -0.3 is 9.64 Å². The first-order chi connectivity index (χ1) is 14.7. The fourth-order valence-electron chi connectivity index (χ4n) is 3.62. The largest absolute Gasteiger partial charge is 0.469 e. The minimum atomic E-state index is -3.68. The minimum Gasteiger partial charge on any atom is -0.469 e. The number of nitrogens with zero attached hydrogens (tertiary/aromatic N) is 2.